The predicted octanol–water partition coefficient (Wildman–Crippen LogP) is 3.20. The highest BCUT2D eigenvalue weighted by Crippen LogP contribution is 2.42. The van der Waals surface area contributed by atoms with Gasteiger partial charge >= 0.3 is 0 Å². The number of halogens is 1. The van der Waals surface area contributed by atoms with E-state index in [1.54, 1.807) is 0 Å². The molecule has 1 aliphatic rings. The Morgan fingerprint density at radius 2 is 2.17 bits per heavy atom. The fourth-order valence-corrected chi connectivity index (χ4v) is 1.86. The summed E-state index contributed by atoms with van der Waals surface area (Å²) in [6, 6.07) is 8.21. The zero-order valence-corrected chi connectivity index (χ0v) is 8.13. The van der Waals surface area contributed by atoms with Crippen LogP contribution >= 0.6 is 15.9 Å². The molecular weight excluding hydrogens is 214 g/mol. The molecule has 1 nitrogen and oxygen atoms in total. The summed E-state index contributed by atoms with van der Waals surface area (Å²) in [6.45, 7) is 0. The van der Waals surface area contributed by atoms with Crippen molar-refractivity contribution in [3.8, 4) is 6.07 Å². The highest BCUT2D eigenvalue weighted by molar-refractivity contribution is 9.10. The van der Waals surface area contributed by atoms with Gasteiger partial charge < -0.3 is 0 Å². The molecular formula is C10H8BrN. The number of hydrogen-bond donors (Lipinski definition) is 0. The Morgan fingerprint density at radius 1 is 1.42 bits per heavy atom. The summed E-state index contributed by atoms with van der Waals surface area (Å²) in [6.07, 6.45) is 2.48. The molecule has 1 aliphatic carbocycles. The molecule has 0 aromatic heterocycles. The average Bonchev–Trinajstić information content (AvgIpc) is 2.86. The van der Waals surface area contributed by atoms with Crippen molar-refractivity contribution in [1.82, 2.24) is 0 Å². The topological polar surface area (TPSA) is 23.8 Å². The third-order valence-corrected chi connectivity index (χ3v) is 2.84. The smallest absolute Gasteiger partial charge is 0.101 e. The van der Waals surface area contributed by atoms with Crippen molar-refractivity contribution in [3.63, 3.8) is 0 Å². The van der Waals surface area contributed by atoms with Crippen molar-refractivity contribution in [2.75, 3.05) is 0 Å². The van der Waals surface area contributed by atoms with E-state index in [1.165, 1.54) is 18.4 Å². The molecule has 0 spiro atoms. The molecule has 0 saturated heterocycles. The lowest BCUT2D eigenvalue weighted by molar-refractivity contribution is 1.11. The Kier molecular flexibility index (Phi) is 1.90. The zero-order valence-electron chi connectivity index (χ0n) is 6.55. The van der Waals surface area contributed by atoms with Gasteiger partial charge in [-0.1, -0.05) is 12.1 Å². The third kappa shape index (κ3) is 1.25. The van der Waals surface area contributed by atoms with Gasteiger partial charge in [0, 0.05) is 4.47 Å². The lowest BCUT2D eigenvalue weighted by atomic mass is 10.0. The fraction of sp³-hybridized carbons (Fsp3) is 0.300. The molecule has 0 unspecified atom stereocenters. The zero-order chi connectivity index (χ0) is 8.55. The summed E-state index contributed by atoms with van der Waals surface area (Å²) in [5.74, 6) is 0.650. The van der Waals surface area contributed by atoms with Gasteiger partial charge in [0.15, 0.2) is 0 Å². The number of benzene rings is 1. The fourth-order valence-electron chi connectivity index (χ4n) is 1.39. The second-order valence-electron chi connectivity index (χ2n) is 3.09. The Labute approximate surface area is 80.1 Å². The second kappa shape index (κ2) is 2.91. The van der Waals surface area contributed by atoms with Crippen molar-refractivity contribution < 1.29 is 0 Å². The number of hydrogen-bond acceptors (Lipinski definition) is 1. The van der Waals surface area contributed by atoms with Crippen molar-refractivity contribution in [2.45, 2.75) is 18.8 Å². The van der Waals surface area contributed by atoms with E-state index in [1.807, 2.05) is 12.1 Å². The first kappa shape index (κ1) is 7.82. The molecule has 2 rings (SSSR count). The van der Waals surface area contributed by atoms with Gasteiger partial charge in [0.25, 0.3) is 0 Å². The van der Waals surface area contributed by atoms with Gasteiger partial charge in [-0.3, -0.25) is 0 Å². The van der Waals surface area contributed by atoms with Crippen LogP contribution in [0.2, 0.25) is 0 Å². The number of rotatable bonds is 1. The van der Waals surface area contributed by atoms with E-state index in [0.717, 1.165) is 10.0 Å². The first-order valence-corrected chi connectivity index (χ1v) is 4.80. The van der Waals surface area contributed by atoms with E-state index < -0.39 is 0 Å². The van der Waals surface area contributed by atoms with Crippen LogP contribution in [0.3, 0.4) is 0 Å². The molecule has 1 aromatic rings. The minimum atomic E-state index is 0.650. The lowest BCUT2D eigenvalue weighted by Gasteiger charge is -2.02. The van der Waals surface area contributed by atoms with Gasteiger partial charge in [0.1, 0.15) is 6.07 Å². The lowest BCUT2D eigenvalue weighted by Crippen LogP contribution is -1.87. The normalized spacial score (nSPS) is 15.7. The van der Waals surface area contributed by atoms with Gasteiger partial charge in [-0.15, -0.1) is 0 Å². The number of nitriles is 1. The summed E-state index contributed by atoms with van der Waals surface area (Å²) >= 11 is 3.38. The van der Waals surface area contributed by atoms with Gasteiger partial charge in [0.2, 0.25) is 0 Å². The molecule has 0 amide bonds. The minimum absolute atomic E-state index is 0.650. The SMILES string of the molecule is N#Cc1c(Br)cccc1C1CC1. The van der Waals surface area contributed by atoms with Gasteiger partial charge in [-0.2, -0.15) is 5.26 Å². The highest BCUT2D eigenvalue weighted by Gasteiger charge is 2.26. The van der Waals surface area contributed by atoms with E-state index in [-0.39, 0.29) is 0 Å². The molecule has 0 aliphatic heterocycles. The molecule has 0 bridgehead atoms. The molecule has 0 atom stereocenters. The van der Waals surface area contributed by atoms with Crippen LogP contribution in [0.25, 0.3) is 0 Å². The van der Waals surface area contributed by atoms with Crippen molar-refractivity contribution in [1.29, 1.82) is 5.26 Å². The quantitative estimate of drug-likeness (QED) is 0.715. The van der Waals surface area contributed by atoms with E-state index in [2.05, 4.69) is 28.1 Å². The monoisotopic (exact) mass is 221 g/mol. The maximum atomic E-state index is 8.90. The van der Waals surface area contributed by atoms with Crippen molar-refractivity contribution >= 4 is 15.9 Å². The molecule has 60 valence electrons. The van der Waals surface area contributed by atoms with Crippen LogP contribution in [0.4, 0.5) is 0 Å². The summed E-state index contributed by atoms with van der Waals surface area (Å²) in [4.78, 5) is 0. The van der Waals surface area contributed by atoms with Gasteiger partial charge in [-0.05, 0) is 46.3 Å². The highest BCUT2D eigenvalue weighted by atomic mass is 79.9. The first-order chi connectivity index (χ1) is 5.83. The van der Waals surface area contributed by atoms with E-state index in [0.29, 0.717) is 5.92 Å². The van der Waals surface area contributed by atoms with Crippen LogP contribution in [0.15, 0.2) is 22.7 Å². The summed E-state index contributed by atoms with van der Waals surface area (Å²) in [5.41, 5.74) is 2.03. The summed E-state index contributed by atoms with van der Waals surface area (Å²) in [5, 5.41) is 8.90. The van der Waals surface area contributed by atoms with E-state index in [4.69, 9.17) is 5.26 Å². The van der Waals surface area contributed by atoms with Crippen LogP contribution in [0.5, 0.6) is 0 Å². The van der Waals surface area contributed by atoms with Gasteiger partial charge in [-0.25, -0.2) is 0 Å². The van der Waals surface area contributed by atoms with Crippen LogP contribution in [0.1, 0.15) is 29.9 Å². The van der Waals surface area contributed by atoms with E-state index >= 15 is 0 Å². The maximum Gasteiger partial charge on any atom is 0.101 e. The maximum absolute atomic E-state index is 8.90. The standard InChI is InChI=1S/C10H8BrN/c11-10-3-1-2-8(7-4-5-7)9(10)6-12/h1-3,7H,4-5H2. The van der Waals surface area contributed by atoms with Crippen molar-refractivity contribution in [2.24, 2.45) is 0 Å². The summed E-state index contributed by atoms with van der Waals surface area (Å²) < 4.78 is 0.925. The average molecular weight is 222 g/mol. The molecule has 1 fully saturated rings. The molecule has 12 heavy (non-hydrogen) atoms. The molecule has 0 radical (unpaired) electrons. The molecule has 2 heteroatoms. The molecule has 0 N–H and O–H groups in total. The predicted molar refractivity (Wildman–Crippen MR) is 50.8 cm³/mol. The van der Waals surface area contributed by atoms with Crippen LogP contribution < -0.4 is 0 Å². The Morgan fingerprint density at radius 3 is 2.75 bits per heavy atom. The van der Waals surface area contributed by atoms with Crippen LogP contribution in [0, 0.1) is 11.3 Å². The first-order valence-electron chi connectivity index (χ1n) is 4.01. The third-order valence-electron chi connectivity index (χ3n) is 2.17. The molecule has 1 aromatic carbocycles. The van der Waals surface area contributed by atoms with Crippen molar-refractivity contribution in [3.05, 3.63) is 33.8 Å². The largest absolute Gasteiger partial charge is 0.192 e. The molecule has 1 saturated carbocycles. The Hall–Kier alpha value is -0.810. The molecule has 0 heterocycles. The second-order valence-corrected chi connectivity index (χ2v) is 3.94. The minimum Gasteiger partial charge on any atom is -0.192 e. The summed E-state index contributed by atoms with van der Waals surface area (Å²) in [7, 11) is 0. The van der Waals surface area contributed by atoms with Crippen LogP contribution in [-0.2, 0) is 0 Å². The number of nitrogens with zero attached hydrogens (tertiary/aromatic N) is 1. The Balaban J connectivity index is 2.53. The van der Waals surface area contributed by atoms with Gasteiger partial charge in [0.05, 0.1) is 5.56 Å². The Bertz CT molecular complexity index is 347. The van der Waals surface area contributed by atoms with E-state index in [9.17, 15) is 0 Å². The van der Waals surface area contributed by atoms with Crippen LogP contribution in [-0.4, -0.2) is 0 Å².